The number of rotatable bonds is 2. The molecular formula is C16H22N2OS2. The molecule has 0 spiro atoms. The van der Waals surface area contributed by atoms with Crippen molar-refractivity contribution >= 4 is 29.4 Å². The monoisotopic (exact) mass is 322 g/mol. The SMILES string of the molecule is CN1CCCN(C(=O)c2ccc(C3SCCS3)cc2)CC1. The summed E-state index contributed by atoms with van der Waals surface area (Å²) >= 11 is 4.01. The van der Waals surface area contributed by atoms with Crippen molar-refractivity contribution in [2.45, 2.75) is 11.0 Å². The first-order valence-electron chi connectivity index (χ1n) is 7.55. The molecule has 0 aromatic heterocycles. The van der Waals surface area contributed by atoms with Crippen LogP contribution in [0.5, 0.6) is 0 Å². The molecule has 3 nitrogen and oxygen atoms in total. The summed E-state index contributed by atoms with van der Waals surface area (Å²) in [6.45, 7) is 3.77. The van der Waals surface area contributed by atoms with Crippen LogP contribution in [0.1, 0.15) is 26.9 Å². The molecule has 0 aliphatic carbocycles. The van der Waals surface area contributed by atoms with Gasteiger partial charge in [0.1, 0.15) is 0 Å². The van der Waals surface area contributed by atoms with E-state index in [4.69, 9.17) is 0 Å². The highest BCUT2D eigenvalue weighted by molar-refractivity contribution is 8.19. The summed E-state index contributed by atoms with van der Waals surface area (Å²) in [4.78, 5) is 16.9. The molecule has 21 heavy (non-hydrogen) atoms. The summed E-state index contributed by atoms with van der Waals surface area (Å²) < 4.78 is 0.556. The highest BCUT2D eigenvalue weighted by Gasteiger charge is 2.21. The van der Waals surface area contributed by atoms with Crippen molar-refractivity contribution in [2.75, 3.05) is 44.7 Å². The molecule has 0 bridgehead atoms. The molecule has 0 saturated carbocycles. The fourth-order valence-corrected chi connectivity index (χ4v) is 5.63. The lowest BCUT2D eigenvalue weighted by Crippen LogP contribution is -2.34. The van der Waals surface area contributed by atoms with Crippen LogP contribution in [0, 0.1) is 0 Å². The number of carbonyl (C=O) groups excluding carboxylic acids is 1. The van der Waals surface area contributed by atoms with E-state index in [0.717, 1.165) is 38.2 Å². The number of hydrogen-bond donors (Lipinski definition) is 0. The molecular weight excluding hydrogens is 300 g/mol. The highest BCUT2D eigenvalue weighted by atomic mass is 32.2. The molecule has 5 heteroatoms. The Morgan fingerprint density at radius 2 is 1.76 bits per heavy atom. The molecule has 1 aromatic rings. The van der Waals surface area contributed by atoms with Crippen molar-refractivity contribution in [3.05, 3.63) is 35.4 Å². The second kappa shape index (κ2) is 7.07. The first-order chi connectivity index (χ1) is 10.2. The molecule has 2 fully saturated rings. The molecule has 1 amide bonds. The Hall–Kier alpha value is -0.650. The molecule has 114 valence electrons. The predicted octanol–water partition coefficient (Wildman–Crippen LogP) is 2.94. The van der Waals surface area contributed by atoms with Crippen LogP contribution in [-0.2, 0) is 0 Å². The Morgan fingerprint density at radius 1 is 1.05 bits per heavy atom. The van der Waals surface area contributed by atoms with Gasteiger partial charge in [-0.1, -0.05) is 12.1 Å². The Balaban J connectivity index is 1.66. The van der Waals surface area contributed by atoms with E-state index in [0.29, 0.717) is 4.58 Å². The van der Waals surface area contributed by atoms with Gasteiger partial charge in [-0.15, -0.1) is 23.5 Å². The van der Waals surface area contributed by atoms with Crippen LogP contribution < -0.4 is 0 Å². The Morgan fingerprint density at radius 3 is 2.48 bits per heavy atom. The van der Waals surface area contributed by atoms with E-state index in [2.05, 4.69) is 24.1 Å². The van der Waals surface area contributed by atoms with E-state index in [1.165, 1.54) is 17.1 Å². The number of carbonyl (C=O) groups is 1. The number of likely N-dealkylation sites (N-methyl/N-ethyl adjacent to an activating group) is 1. The van der Waals surface area contributed by atoms with Crippen molar-refractivity contribution in [3.8, 4) is 0 Å². The van der Waals surface area contributed by atoms with Crippen LogP contribution in [0.4, 0.5) is 0 Å². The number of nitrogens with zero attached hydrogens (tertiary/aromatic N) is 2. The number of hydrogen-bond acceptors (Lipinski definition) is 4. The minimum atomic E-state index is 0.184. The second-order valence-electron chi connectivity index (χ2n) is 5.64. The molecule has 1 aromatic carbocycles. The van der Waals surface area contributed by atoms with Crippen LogP contribution >= 0.6 is 23.5 Å². The Kier molecular flexibility index (Phi) is 5.14. The van der Waals surface area contributed by atoms with Gasteiger partial charge >= 0.3 is 0 Å². The minimum Gasteiger partial charge on any atom is -0.337 e. The third-order valence-corrected chi connectivity index (χ3v) is 7.16. The van der Waals surface area contributed by atoms with E-state index < -0.39 is 0 Å². The molecule has 0 N–H and O–H groups in total. The first kappa shape index (κ1) is 15.3. The minimum absolute atomic E-state index is 0.184. The summed E-state index contributed by atoms with van der Waals surface area (Å²) in [7, 11) is 2.12. The zero-order chi connectivity index (χ0) is 14.7. The van der Waals surface area contributed by atoms with Gasteiger partial charge in [-0.25, -0.2) is 0 Å². The summed E-state index contributed by atoms with van der Waals surface area (Å²) in [5, 5.41) is 0. The molecule has 0 atom stereocenters. The van der Waals surface area contributed by atoms with Crippen LogP contribution in [-0.4, -0.2) is 60.4 Å². The number of benzene rings is 1. The maximum Gasteiger partial charge on any atom is 0.253 e. The lowest BCUT2D eigenvalue weighted by atomic mass is 10.1. The van der Waals surface area contributed by atoms with Gasteiger partial charge in [-0.3, -0.25) is 4.79 Å². The van der Waals surface area contributed by atoms with Gasteiger partial charge in [-0.2, -0.15) is 0 Å². The fourth-order valence-electron chi connectivity index (χ4n) is 2.77. The van der Waals surface area contributed by atoms with Gasteiger partial charge in [0.25, 0.3) is 5.91 Å². The maximum atomic E-state index is 12.6. The average molecular weight is 322 g/mol. The summed E-state index contributed by atoms with van der Waals surface area (Å²) in [6, 6.07) is 8.28. The van der Waals surface area contributed by atoms with Crippen molar-refractivity contribution in [3.63, 3.8) is 0 Å². The van der Waals surface area contributed by atoms with Crippen LogP contribution in [0.15, 0.2) is 24.3 Å². The molecule has 2 heterocycles. The summed E-state index contributed by atoms with van der Waals surface area (Å²) in [5.74, 6) is 2.65. The van der Waals surface area contributed by atoms with E-state index >= 15 is 0 Å². The summed E-state index contributed by atoms with van der Waals surface area (Å²) in [5.41, 5.74) is 2.17. The van der Waals surface area contributed by atoms with E-state index in [1.54, 1.807) is 0 Å². The third-order valence-electron chi connectivity index (χ3n) is 4.06. The Labute approximate surface area is 135 Å². The zero-order valence-corrected chi connectivity index (χ0v) is 14.1. The molecule has 3 rings (SSSR count). The van der Waals surface area contributed by atoms with Crippen LogP contribution in [0.3, 0.4) is 0 Å². The van der Waals surface area contributed by atoms with Gasteiger partial charge in [0.15, 0.2) is 0 Å². The largest absolute Gasteiger partial charge is 0.337 e. The van der Waals surface area contributed by atoms with E-state index in [-0.39, 0.29) is 5.91 Å². The van der Waals surface area contributed by atoms with Crippen molar-refractivity contribution < 1.29 is 4.79 Å². The van der Waals surface area contributed by atoms with Crippen molar-refractivity contribution in [1.82, 2.24) is 9.80 Å². The molecule has 2 saturated heterocycles. The maximum absolute atomic E-state index is 12.6. The molecule has 0 unspecified atom stereocenters. The Bertz CT molecular complexity index is 486. The zero-order valence-electron chi connectivity index (χ0n) is 12.5. The van der Waals surface area contributed by atoms with E-state index in [9.17, 15) is 4.79 Å². The van der Waals surface area contributed by atoms with Crippen LogP contribution in [0.2, 0.25) is 0 Å². The topological polar surface area (TPSA) is 23.6 Å². The van der Waals surface area contributed by atoms with Gasteiger partial charge < -0.3 is 9.80 Å². The average Bonchev–Trinajstić information content (AvgIpc) is 2.96. The standard InChI is InChI=1S/C16H22N2OS2/c1-17-7-2-8-18(10-9-17)15(19)13-3-5-14(6-4-13)16-20-11-12-21-16/h3-6,16H,2,7-12H2,1H3. The smallest absolute Gasteiger partial charge is 0.253 e. The second-order valence-corrected chi connectivity index (χ2v) is 8.37. The first-order valence-corrected chi connectivity index (χ1v) is 9.65. The quantitative estimate of drug-likeness (QED) is 0.835. The lowest BCUT2D eigenvalue weighted by molar-refractivity contribution is 0.0763. The van der Waals surface area contributed by atoms with Gasteiger partial charge in [0, 0.05) is 36.7 Å². The van der Waals surface area contributed by atoms with Crippen LogP contribution in [0.25, 0.3) is 0 Å². The lowest BCUT2D eigenvalue weighted by Gasteiger charge is -2.21. The number of amides is 1. The van der Waals surface area contributed by atoms with Crippen molar-refractivity contribution in [2.24, 2.45) is 0 Å². The normalized spacial score (nSPS) is 21.5. The molecule has 2 aliphatic rings. The van der Waals surface area contributed by atoms with E-state index in [1.807, 2.05) is 40.6 Å². The third kappa shape index (κ3) is 3.76. The fraction of sp³-hybridized carbons (Fsp3) is 0.562. The van der Waals surface area contributed by atoms with Gasteiger partial charge in [0.05, 0.1) is 4.58 Å². The van der Waals surface area contributed by atoms with Gasteiger partial charge in [0.2, 0.25) is 0 Å². The molecule has 2 aliphatic heterocycles. The number of thioether (sulfide) groups is 2. The van der Waals surface area contributed by atoms with Crippen molar-refractivity contribution in [1.29, 1.82) is 0 Å². The van der Waals surface area contributed by atoms with Gasteiger partial charge in [-0.05, 0) is 37.7 Å². The highest BCUT2D eigenvalue weighted by Crippen LogP contribution is 2.45. The summed E-state index contributed by atoms with van der Waals surface area (Å²) in [6.07, 6.45) is 1.07. The molecule has 0 radical (unpaired) electrons. The predicted molar refractivity (Wildman–Crippen MR) is 92.1 cm³/mol.